The molecule has 4 aromatic carbocycles. The quantitative estimate of drug-likeness (QED) is 0.0654. The minimum absolute atomic E-state index is 0.119. The molecule has 48 heavy (non-hydrogen) atoms. The van der Waals surface area contributed by atoms with E-state index in [-0.39, 0.29) is 33.9 Å². The zero-order valence-corrected chi connectivity index (χ0v) is 25.3. The van der Waals surface area contributed by atoms with E-state index in [2.05, 4.69) is 15.8 Å². The number of alkyl halides is 3. The number of hydrazone groups is 1. The Morgan fingerprint density at radius 3 is 2.04 bits per heavy atom. The maximum atomic E-state index is 13.1. The van der Waals surface area contributed by atoms with E-state index in [9.17, 15) is 37.7 Å². The summed E-state index contributed by atoms with van der Waals surface area (Å²) in [6, 6.07) is 15.3. The fraction of sp³-hybridized carbons (Fsp3) is 0.125. The van der Waals surface area contributed by atoms with Crippen LogP contribution in [-0.4, -0.2) is 50.3 Å². The molecule has 0 radical (unpaired) electrons. The number of anilines is 1. The zero-order chi connectivity index (χ0) is 35.0. The number of halogens is 3. The van der Waals surface area contributed by atoms with Crippen LogP contribution in [0, 0.1) is 10.1 Å². The molecule has 0 aliphatic heterocycles. The van der Waals surface area contributed by atoms with Crippen molar-refractivity contribution < 1.29 is 51.4 Å². The summed E-state index contributed by atoms with van der Waals surface area (Å²) in [7, 11) is 4.25. The number of ether oxygens (including phenoxy) is 4. The molecule has 0 aliphatic carbocycles. The predicted molar refractivity (Wildman–Crippen MR) is 165 cm³/mol. The van der Waals surface area contributed by atoms with E-state index in [0.717, 1.165) is 42.6 Å². The summed E-state index contributed by atoms with van der Waals surface area (Å²) in [4.78, 5) is 48.7. The number of amides is 2. The van der Waals surface area contributed by atoms with Gasteiger partial charge in [0, 0.05) is 34.5 Å². The van der Waals surface area contributed by atoms with Crippen molar-refractivity contribution in [2.45, 2.75) is 6.18 Å². The molecule has 0 saturated heterocycles. The topological polar surface area (TPSA) is 168 Å². The van der Waals surface area contributed by atoms with Gasteiger partial charge in [-0.15, -0.1) is 0 Å². The molecular weight excluding hydrogens is 641 g/mol. The van der Waals surface area contributed by atoms with Crippen molar-refractivity contribution in [3.05, 3.63) is 117 Å². The zero-order valence-electron chi connectivity index (χ0n) is 25.3. The molecule has 0 unspecified atom stereocenters. The smallest absolute Gasteiger partial charge is 0.416 e. The van der Waals surface area contributed by atoms with Crippen LogP contribution in [0.1, 0.15) is 42.2 Å². The van der Waals surface area contributed by atoms with Gasteiger partial charge in [0.05, 0.1) is 43.6 Å². The second kappa shape index (κ2) is 14.8. The number of nitro benzene ring substituents is 1. The third-order valence-corrected chi connectivity index (χ3v) is 6.53. The first-order valence-electron chi connectivity index (χ1n) is 13.6. The van der Waals surface area contributed by atoms with Gasteiger partial charge in [-0.1, -0.05) is 6.07 Å². The third-order valence-electron chi connectivity index (χ3n) is 6.53. The Kier molecular flexibility index (Phi) is 10.6. The molecule has 4 aromatic rings. The summed E-state index contributed by atoms with van der Waals surface area (Å²) in [5.74, 6) is -1.77. The van der Waals surface area contributed by atoms with Gasteiger partial charge in [-0.3, -0.25) is 19.7 Å². The van der Waals surface area contributed by atoms with Crippen LogP contribution < -0.4 is 29.7 Å². The average molecular weight is 667 g/mol. The number of nitrogens with zero attached hydrogens (tertiary/aromatic N) is 2. The molecule has 0 atom stereocenters. The number of non-ortho nitro benzene ring substituents is 1. The fourth-order valence-corrected chi connectivity index (χ4v) is 4.17. The molecule has 0 spiro atoms. The highest BCUT2D eigenvalue weighted by Gasteiger charge is 2.31. The van der Waals surface area contributed by atoms with Gasteiger partial charge in [-0.25, -0.2) is 10.2 Å². The van der Waals surface area contributed by atoms with Gasteiger partial charge in [-0.05, 0) is 60.7 Å². The molecule has 2 N–H and O–H groups in total. The first-order chi connectivity index (χ1) is 22.8. The van der Waals surface area contributed by atoms with Gasteiger partial charge >= 0.3 is 12.1 Å². The van der Waals surface area contributed by atoms with Crippen LogP contribution in [-0.2, 0) is 6.18 Å². The number of methoxy groups -OCH3 is 3. The van der Waals surface area contributed by atoms with Gasteiger partial charge in [0.2, 0.25) is 5.75 Å². The van der Waals surface area contributed by atoms with Crippen molar-refractivity contribution in [3.63, 3.8) is 0 Å². The lowest BCUT2D eigenvalue weighted by Crippen LogP contribution is -2.18. The van der Waals surface area contributed by atoms with E-state index in [4.69, 9.17) is 18.9 Å². The highest BCUT2D eigenvalue weighted by molar-refractivity contribution is 6.05. The number of hydrogen-bond acceptors (Lipinski definition) is 10. The van der Waals surface area contributed by atoms with E-state index >= 15 is 0 Å². The van der Waals surface area contributed by atoms with Gasteiger partial charge in [0.15, 0.2) is 11.5 Å². The van der Waals surface area contributed by atoms with Gasteiger partial charge < -0.3 is 24.3 Å². The van der Waals surface area contributed by atoms with E-state index in [1.54, 1.807) is 0 Å². The SMILES string of the molecule is COc1cc(C(=O)Nc2ccc(C(=O)N/N=C/c3cc([N+](=O)[O-])ccc3OC(=O)c3cccc(C(F)(F)F)c3)cc2)cc(OC)c1OC. The number of nitrogens with one attached hydrogen (secondary N) is 2. The van der Waals surface area contributed by atoms with E-state index in [1.165, 1.54) is 57.7 Å². The lowest BCUT2D eigenvalue weighted by molar-refractivity contribution is -0.384. The van der Waals surface area contributed by atoms with Crippen molar-refractivity contribution in [2.24, 2.45) is 5.10 Å². The minimum Gasteiger partial charge on any atom is -0.493 e. The molecule has 0 aliphatic rings. The second-order valence-corrected chi connectivity index (χ2v) is 9.59. The van der Waals surface area contributed by atoms with Crippen molar-refractivity contribution in [2.75, 3.05) is 26.6 Å². The Morgan fingerprint density at radius 2 is 1.46 bits per heavy atom. The summed E-state index contributed by atoms with van der Waals surface area (Å²) in [6.07, 6.45) is -3.74. The van der Waals surface area contributed by atoms with Gasteiger partial charge in [-0.2, -0.15) is 18.3 Å². The number of carbonyl (C=O) groups excluding carboxylic acids is 3. The Balaban J connectivity index is 1.45. The third kappa shape index (κ3) is 8.22. The average Bonchev–Trinajstić information content (AvgIpc) is 3.07. The maximum Gasteiger partial charge on any atom is 0.416 e. The molecule has 0 fully saturated rings. The van der Waals surface area contributed by atoms with Crippen LogP contribution in [0.25, 0.3) is 0 Å². The number of carbonyl (C=O) groups is 3. The summed E-state index contributed by atoms with van der Waals surface area (Å²) >= 11 is 0. The summed E-state index contributed by atoms with van der Waals surface area (Å²) in [5.41, 5.74) is 0.871. The van der Waals surface area contributed by atoms with E-state index < -0.39 is 45.7 Å². The molecular formula is C32H25F3N4O9. The molecule has 248 valence electrons. The Hall–Kier alpha value is -6.45. The van der Waals surface area contributed by atoms with Crippen LogP contribution >= 0.6 is 0 Å². The molecule has 2 amide bonds. The summed E-state index contributed by atoms with van der Waals surface area (Å²) in [6.45, 7) is 0. The molecule has 13 nitrogen and oxygen atoms in total. The Morgan fingerprint density at radius 1 is 0.792 bits per heavy atom. The summed E-state index contributed by atoms with van der Waals surface area (Å²) < 4.78 is 60.2. The van der Waals surface area contributed by atoms with Crippen molar-refractivity contribution in [3.8, 4) is 23.0 Å². The highest BCUT2D eigenvalue weighted by atomic mass is 19.4. The van der Waals surface area contributed by atoms with Crippen molar-refractivity contribution >= 4 is 35.4 Å². The van der Waals surface area contributed by atoms with E-state index in [1.807, 2.05) is 0 Å². The van der Waals surface area contributed by atoms with Gasteiger partial charge in [0.25, 0.3) is 17.5 Å². The number of hydrogen-bond donors (Lipinski definition) is 2. The number of nitro groups is 1. The standard InChI is InChI=1S/C32H25F3N4O9/c1-45-26-15-20(16-27(46-2)28(26)47-3)29(40)37-23-9-7-18(8-10-23)30(41)38-36-17-21-14-24(39(43)44)11-12-25(21)48-31(42)19-5-4-6-22(13-19)32(33,34)35/h4-17H,1-3H3,(H,37,40)(H,38,41)/b36-17+. The fourth-order valence-electron chi connectivity index (χ4n) is 4.17. The number of rotatable bonds is 11. The van der Waals surface area contributed by atoms with Crippen LogP contribution in [0.2, 0.25) is 0 Å². The molecule has 0 saturated carbocycles. The molecule has 4 rings (SSSR count). The maximum absolute atomic E-state index is 13.1. The number of benzene rings is 4. The molecule has 16 heteroatoms. The van der Waals surface area contributed by atoms with Crippen molar-refractivity contribution in [1.29, 1.82) is 0 Å². The largest absolute Gasteiger partial charge is 0.493 e. The molecule has 0 aromatic heterocycles. The van der Waals surface area contributed by atoms with Crippen LogP contribution in [0.5, 0.6) is 23.0 Å². The Bertz CT molecular complexity index is 1870. The monoisotopic (exact) mass is 666 g/mol. The van der Waals surface area contributed by atoms with Crippen LogP contribution in [0.4, 0.5) is 24.5 Å². The minimum atomic E-state index is -4.70. The molecule has 0 bridgehead atoms. The normalized spacial score (nSPS) is 11.0. The van der Waals surface area contributed by atoms with Crippen molar-refractivity contribution in [1.82, 2.24) is 5.43 Å². The first kappa shape index (κ1) is 34.4. The Labute approximate surface area is 270 Å². The second-order valence-electron chi connectivity index (χ2n) is 9.59. The first-order valence-corrected chi connectivity index (χ1v) is 13.6. The van der Waals surface area contributed by atoms with Gasteiger partial charge in [0.1, 0.15) is 5.75 Å². The lowest BCUT2D eigenvalue weighted by atomic mass is 10.1. The lowest BCUT2D eigenvalue weighted by Gasteiger charge is -2.14. The number of esters is 1. The van der Waals surface area contributed by atoms with Crippen LogP contribution in [0.15, 0.2) is 84.0 Å². The van der Waals surface area contributed by atoms with E-state index in [0.29, 0.717) is 17.5 Å². The van der Waals surface area contributed by atoms with Crippen LogP contribution in [0.3, 0.4) is 0 Å². The predicted octanol–water partition coefficient (Wildman–Crippen LogP) is 5.87. The highest BCUT2D eigenvalue weighted by Crippen LogP contribution is 2.38. The summed E-state index contributed by atoms with van der Waals surface area (Å²) in [5, 5.41) is 17.8. The molecule has 0 heterocycles.